The van der Waals surface area contributed by atoms with Crippen molar-refractivity contribution in [2.24, 2.45) is 0 Å². The van der Waals surface area contributed by atoms with Crippen molar-refractivity contribution in [1.82, 2.24) is 5.32 Å². The standard InChI is InChI=1S/C16H32ClN/c1-2-3-4-5-6-7-8-9-10-11-14-18-16(15-17)12-13-16/h18H,2-15H2,1H3. The molecule has 0 spiro atoms. The first-order valence-corrected chi connectivity index (χ1v) is 8.67. The molecule has 18 heavy (non-hydrogen) atoms. The van der Waals surface area contributed by atoms with Crippen molar-refractivity contribution in [2.75, 3.05) is 12.4 Å². The van der Waals surface area contributed by atoms with Gasteiger partial charge in [0, 0.05) is 11.4 Å². The zero-order valence-corrected chi connectivity index (χ0v) is 13.0. The van der Waals surface area contributed by atoms with Crippen LogP contribution in [-0.4, -0.2) is 18.0 Å². The largest absolute Gasteiger partial charge is 0.310 e. The molecule has 1 saturated carbocycles. The normalized spacial score (nSPS) is 17.0. The summed E-state index contributed by atoms with van der Waals surface area (Å²) < 4.78 is 0. The molecule has 2 heteroatoms. The van der Waals surface area contributed by atoms with Crippen LogP contribution >= 0.6 is 11.6 Å². The number of halogens is 1. The number of hydrogen-bond donors (Lipinski definition) is 1. The van der Waals surface area contributed by atoms with E-state index in [9.17, 15) is 0 Å². The molecule has 0 saturated heterocycles. The quantitative estimate of drug-likeness (QED) is 0.356. The van der Waals surface area contributed by atoms with Crippen LogP contribution in [0, 0.1) is 0 Å². The van der Waals surface area contributed by atoms with Gasteiger partial charge < -0.3 is 5.32 Å². The second kappa shape index (κ2) is 10.1. The average Bonchev–Trinajstić information content (AvgIpc) is 3.17. The molecule has 0 aromatic rings. The van der Waals surface area contributed by atoms with Gasteiger partial charge in [-0.15, -0.1) is 11.6 Å². The first-order valence-electron chi connectivity index (χ1n) is 8.14. The van der Waals surface area contributed by atoms with Gasteiger partial charge in [-0.3, -0.25) is 0 Å². The summed E-state index contributed by atoms with van der Waals surface area (Å²) in [6, 6.07) is 0. The molecule has 0 aromatic heterocycles. The van der Waals surface area contributed by atoms with E-state index in [4.69, 9.17) is 11.6 Å². The Morgan fingerprint density at radius 3 is 1.78 bits per heavy atom. The van der Waals surface area contributed by atoms with Crippen molar-refractivity contribution < 1.29 is 0 Å². The van der Waals surface area contributed by atoms with Gasteiger partial charge in [-0.25, -0.2) is 0 Å². The van der Waals surface area contributed by atoms with Gasteiger partial charge in [0.15, 0.2) is 0 Å². The van der Waals surface area contributed by atoms with Crippen molar-refractivity contribution in [3.8, 4) is 0 Å². The van der Waals surface area contributed by atoms with Crippen LogP contribution in [0.5, 0.6) is 0 Å². The predicted molar refractivity (Wildman–Crippen MR) is 82.5 cm³/mol. The van der Waals surface area contributed by atoms with Gasteiger partial charge in [-0.1, -0.05) is 64.7 Å². The summed E-state index contributed by atoms with van der Waals surface area (Å²) >= 11 is 5.93. The molecule has 0 unspecified atom stereocenters. The van der Waals surface area contributed by atoms with E-state index in [1.54, 1.807) is 0 Å². The SMILES string of the molecule is CCCCCCCCCCCCNC1(CCl)CC1. The Morgan fingerprint density at radius 1 is 0.833 bits per heavy atom. The molecule has 0 heterocycles. The van der Waals surface area contributed by atoms with Crippen molar-refractivity contribution in [2.45, 2.75) is 89.5 Å². The molecule has 0 atom stereocenters. The number of rotatable bonds is 13. The van der Waals surface area contributed by atoms with Gasteiger partial charge in [-0.05, 0) is 25.8 Å². The average molecular weight is 274 g/mol. The van der Waals surface area contributed by atoms with Crippen molar-refractivity contribution >= 4 is 11.6 Å². The second-order valence-corrected chi connectivity index (χ2v) is 6.29. The lowest BCUT2D eigenvalue weighted by molar-refractivity contribution is 0.502. The van der Waals surface area contributed by atoms with Crippen LogP contribution in [0.4, 0.5) is 0 Å². The van der Waals surface area contributed by atoms with Gasteiger partial charge in [0.25, 0.3) is 0 Å². The summed E-state index contributed by atoms with van der Waals surface area (Å²) in [5.41, 5.74) is 0.348. The summed E-state index contributed by atoms with van der Waals surface area (Å²) in [5, 5.41) is 3.61. The fraction of sp³-hybridized carbons (Fsp3) is 1.00. The topological polar surface area (TPSA) is 12.0 Å². The highest BCUT2D eigenvalue weighted by atomic mass is 35.5. The molecular weight excluding hydrogens is 242 g/mol. The Hall–Kier alpha value is 0.250. The number of hydrogen-bond acceptors (Lipinski definition) is 1. The highest BCUT2D eigenvalue weighted by Gasteiger charge is 2.40. The first kappa shape index (κ1) is 16.3. The minimum atomic E-state index is 0.348. The lowest BCUT2D eigenvalue weighted by atomic mass is 10.1. The predicted octanol–water partition coefficient (Wildman–Crippen LogP) is 5.27. The van der Waals surface area contributed by atoms with Crippen molar-refractivity contribution in [3.63, 3.8) is 0 Å². The van der Waals surface area contributed by atoms with E-state index in [2.05, 4.69) is 12.2 Å². The third-order valence-corrected chi connectivity index (χ3v) is 4.65. The first-order chi connectivity index (χ1) is 8.83. The highest BCUT2D eigenvalue weighted by Crippen LogP contribution is 2.36. The number of alkyl halides is 1. The van der Waals surface area contributed by atoms with Crippen LogP contribution in [-0.2, 0) is 0 Å². The molecule has 1 N–H and O–H groups in total. The Morgan fingerprint density at radius 2 is 1.33 bits per heavy atom. The van der Waals surface area contributed by atoms with Gasteiger partial charge in [0.05, 0.1) is 0 Å². The second-order valence-electron chi connectivity index (χ2n) is 6.02. The molecule has 0 aromatic carbocycles. The third kappa shape index (κ3) is 7.63. The van der Waals surface area contributed by atoms with Crippen LogP contribution in [0.2, 0.25) is 0 Å². The van der Waals surface area contributed by atoms with Crippen molar-refractivity contribution in [1.29, 1.82) is 0 Å². The molecule has 0 radical (unpaired) electrons. The van der Waals surface area contributed by atoms with Crippen LogP contribution in [0.15, 0.2) is 0 Å². The maximum Gasteiger partial charge on any atom is 0.0406 e. The fourth-order valence-electron chi connectivity index (χ4n) is 2.47. The number of unbranched alkanes of at least 4 members (excludes halogenated alkanes) is 9. The summed E-state index contributed by atoms with van der Waals surface area (Å²) in [5.74, 6) is 0.796. The Bertz CT molecular complexity index is 190. The zero-order chi connectivity index (χ0) is 13.1. The molecule has 0 bridgehead atoms. The molecule has 0 amide bonds. The Labute approximate surface area is 119 Å². The maximum atomic E-state index is 5.93. The molecule has 1 fully saturated rings. The summed E-state index contributed by atoms with van der Waals surface area (Å²) in [7, 11) is 0. The van der Waals surface area contributed by atoms with Gasteiger partial charge in [-0.2, -0.15) is 0 Å². The molecule has 1 aliphatic carbocycles. The van der Waals surface area contributed by atoms with E-state index >= 15 is 0 Å². The number of nitrogens with one attached hydrogen (secondary N) is 1. The fourth-order valence-corrected chi connectivity index (χ4v) is 2.84. The van der Waals surface area contributed by atoms with Crippen LogP contribution in [0.25, 0.3) is 0 Å². The summed E-state index contributed by atoms with van der Waals surface area (Å²) in [6.07, 6.45) is 16.7. The van der Waals surface area contributed by atoms with E-state index in [0.29, 0.717) is 5.54 Å². The molecule has 1 aliphatic rings. The van der Waals surface area contributed by atoms with E-state index in [-0.39, 0.29) is 0 Å². The minimum absolute atomic E-state index is 0.348. The van der Waals surface area contributed by atoms with E-state index in [1.165, 1.54) is 83.6 Å². The van der Waals surface area contributed by atoms with Crippen LogP contribution in [0.3, 0.4) is 0 Å². The lowest BCUT2D eigenvalue weighted by Gasteiger charge is -2.13. The monoisotopic (exact) mass is 273 g/mol. The van der Waals surface area contributed by atoms with E-state index in [0.717, 1.165) is 5.88 Å². The Kier molecular flexibility index (Phi) is 9.14. The molecule has 0 aliphatic heterocycles. The maximum absolute atomic E-state index is 5.93. The zero-order valence-electron chi connectivity index (χ0n) is 12.3. The molecule has 1 rings (SSSR count). The Balaban J connectivity index is 1.71. The van der Waals surface area contributed by atoms with Crippen molar-refractivity contribution in [3.05, 3.63) is 0 Å². The molecular formula is C16H32ClN. The highest BCUT2D eigenvalue weighted by molar-refractivity contribution is 6.18. The third-order valence-electron chi connectivity index (χ3n) is 4.14. The van der Waals surface area contributed by atoms with Crippen LogP contribution < -0.4 is 5.32 Å². The smallest absolute Gasteiger partial charge is 0.0406 e. The van der Waals surface area contributed by atoms with E-state index in [1.807, 2.05) is 0 Å². The molecule has 1 nitrogen and oxygen atoms in total. The van der Waals surface area contributed by atoms with Gasteiger partial charge in [0.2, 0.25) is 0 Å². The lowest BCUT2D eigenvalue weighted by Crippen LogP contribution is -2.33. The summed E-state index contributed by atoms with van der Waals surface area (Å²) in [4.78, 5) is 0. The summed E-state index contributed by atoms with van der Waals surface area (Å²) in [6.45, 7) is 3.45. The van der Waals surface area contributed by atoms with E-state index < -0.39 is 0 Å². The van der Waals surface area contributed by atoms with Gasteiger partial charge in [0.1, 0.15) is 0 Å². The van der Waals surface area contributed by atoms with Crippen LogP contribution in [0.1, 0.15) is 84.0 Å². The molecule has 108 valence electrons. The van der Waals surface area contributed by atoms with Gasteiger partial charge >= 0.3 is 0 Å². The minimum Gasteiger partial charge on any atom is -0.310 e.